The zero-order valence-electron chi connectivity index (χ0n) is 15.5. The zero-order valence-corrected chi connectivity index (χ0v) is 15.5. The number of likely N-dealkylation sites (tertiary alicyclic amines) is 1. The fourth-order valence-corrected chi connectivity index (χ4v) is 5.82. The van der Waals surface area contributed by atoms with Gasteiger partial charge < -0.3 is 4.90 Å². The maximum absolute atomic E-state index is 13.6. The van der Waals surface area contributed by atoms with Gasteiger partial charge in [0.2, 0.25) is 5.91 Å². The average molecular weight is 375 g/mol. The number of nitrogens with zero attached hydrogens (tertiary/aromatic N) is 5. The number of carbonyl (C=O) groups is 1. The predicted molar refractivity (Wildman–Crippen MR) is 101 cm³/mol. The summed E-state index contributed by atoms with van der Waals surface area (Å²) in [6.45, 7) is 2.41. The summed E-state index contributed by atoms with van der Waals surface area (Å²) in [4.78, 5) is 22.3. The molecule has 3 fully saturated rings. The zero-order chi connectivity index (χ0) is 18.7. The summed E-state index contributed by atoms with van der Waals surface area (Å²) in [6, 6.07) is 10.2. The third-order valence-electron chi connectivity index (χ3n) is 6.90. The maximum atomic E-state index is 13.6. The molecule has 1 aromatic carbocycles. The van der Waals surface area contributed by atoms with Gasteiger partial charge in [-0.3, -0.25) is 14.7 Å². The molecule has 6 rings (SSSR count). The molecule has 142 valence electrons. The molecule has 0 unspecified atom stereocenters. The first-order valence-electron chi connectivity index (χ1n) is 9.93. The van der Waals surface area contributed by atoms with Gasteiger partial charge in [-0.15, -0.1) is 0 Å². The number of pyridine rings is 1. The van der Waals surface area contributed by atoms with Crippen molar-refractivity contribution in [1.29, 1.82) is 0 Å². The van der Waals surface area contributed by atoms with Crippen LogP contribution in [0.4, 0.5) is 0 Å². The van der Waals surface area contributed by atoms with Gasteiger partial charge in [-0.2, -0.15) is 0 Å². The van der Waals surface area contributed by atoms with Crippen LogP contribution in [0.2, 0.25) is 0 Å². The van der Waals surface area contributed by atoms with Gasteiger partial charge in [0.25, 0.3) is 0 Å². The van der Waals surface area contributed by atoms with E-state index in [1.165, 1.54) is 0 Å². The van der Waals surface area contributed by atoms with Crippen molar-refractivity contribution in [2.24, 2.45) is 5.92 Å². The second kappa shape index (κ2) is 5.85. The van der Waals surface area contributed by atoms with Crippen molar-refractivity contribution in [3.63, 3.8) is 0 Å². The van der Waals surface area contributed by atoms with Crippen LogP contribution in [0.5, 0.6) is 0 Å². The first-order valence-corrected chi connectivity index (χ1v) is 9.93. The molecule has 0 bridgehead atoms. The monoisotopic (exact) mass is 375 g/mol. The lowest BCUT2D eigenvalue weighted by Crippen LogP contribution is -2.49. The molecular formula is C21H21N5O2. The summed E-state index contributed by atoms with van der Waals surface area (Å²) in [6.07, 6.45) is 6.61. The molecule has 5 heterocycles. The summed E-state index contributed by atoms with van der Waals surface area (Å²) >= 11 is 0. The fourth-order valence-electron chi connectivity index (χ4n) is 5.82. The number of hydrogen-bond acceptors (Lipinski definition) is 6. The summed E-state index contributed by atoms with van der Waals surface area (Å²) in [5, 5.41) is 8.14. The van der Waals surface area contributed by atoms with Crippen LogP contribution in [0, 0.1) is 5.92 Å². The quantitative estimate of drug-likeness (QED) is 0.700. The van der Waals surface area contributed by atoms with Gasteiger partial charge in [-0.05, 0) is 53.8 Å². The molecule has 3 aromatic rings. The van der Waals surface area contributed by atoms with Crippen LogP contribution >= 0.6 is 0 Å². The standard InChI is InChI=1S/C21H21N5O2/c27-20-21-7-3-9-26(21)18(16-5-1-6-17-19(16)24-28-23-17)10-15(21)13-25(20)12-14-4-2-8-22-11-14/h1-2,4-6,8,11,15,18H,3,7,9-10,12-13H2/t15-,18-,21-/m0/s1. The summed E-state index contributed by atoms with van der Waals surface area (Å²) in [5.74, 6) is 0.631. The van der Waals surface area contributed by atoms with Crippen molar-refractivity contribution in [1.82, 2.24) is 25.1 Å². The lowest BCUT2D eigenvalue weighted by atomic mass is 9.85. The molecule has 0 radical (unpaired) electrons. The Morgan fingerprint density at radius 3 is 3.07 bits per heavy atom. The molecule has 1 amide bonds. The Balaban J connectivity index is 1.35. The lowest BCUT2D eigenvalue weighted by molar-refractivity contribution is -0.137. The van der Waals surface area contributed by atoms with Crippen molar-refractivity contribution in [2.75, 3.05) is 13.1 Å². The minimum absolute atomic E-state index is 0.201. The van der Waals surface area contributed by atoms with E-state index in [4.69, 9.17) is 4.63 Å². The predicted octanol–water partition coefficient (Wildman–Crippen LogP) is 2.56. The van der Waals surface area contributed by atoms with E-state index >= 15 is 0 Å². The fraction of sp³-hybridized carbons (Fsp3) is 0.429. The molecular weight excluding hydrogens is 354 g/mol. The van der Waals surface area contributed by atoms with E-state index in [-0.39, 0.29) is 17.5 Å². The van der Waals surface area contributed by atoms with E-state index in [0.29, 0.717) is 12.5 Å². The van der Waals surface area contributed by atoms with Crippen LogP contribution in [0.3, 0.4) is 0 Å². The Morgan fingerprint density at radius 1 is 1.21 bits per heavy atom. The Morgan fingerprint density at radius 2 is 2.18 bits per heavy atom. The van der Waals surface area contributed by atoms with Gasteiger partial charge in [0.1, 0.15) is 16.6 Å². The van der Waals surface area contributed by atoms with Crippen LogP contribution in [0.1, 0.15) is 36.4 Å². The lowest BCUT2D eigenvalue weighted by Gasteiger charge is -2.33. The van der Waals surface area contributed by atoms with Crippen LogP contribution in [-0.4, -0.2) is 49.6 Å². The van der Waals surface area contributed by atoms with E-state index in [1.807, 2.05) is 35.4 Å². The Bertz CT molecular complexity index is 1050. The number of amides is 1. The number of fused-ring (bicyclic) bond motifs is 1. The van der Waals surface area contributed by atoms with Gasteiger partial charge >= 0.3 is 0 Å². The van der Waals surface area contributed by atoms with Crippen molar-refractivity contribution in [2.45, 2.75) is 37.4 Å². The number of hydrogen-bond donors (Lipinski definition) is 0. The Hall–Kier alpha value is -2.80. The van der Waals surface area contributed by atoms with Crippen LogP contribution < -0.4 is 0 Å². The maximum Gasteiger partial charge on any atom is 0.243 e. The molecule has 3 aliphatic rings. The highest BCUT2D eigenvalue weighted by Crippen LogP contribution is 2.56. The van der Waals surface area contributed by atoms with Crippen molar-refractivity contribution in [3.05, 3.63) is 53.9 Å². The van der Waals surface area contributed by atoms with Crippen molar-refractivity contribution in [3.8, 4) is 0 Å². The molecule has 7 heteroatoms. The molecule has 3 saturated heterocycles. The van der Waals surface area contributed by atoms with Crippen LogP contribution in [0.25, 0.3) is 11.0 Å². The van der Waals surface area contributed by atoms with E-state index < -0.39 is 0 Å². The second-order valence-electron chi connectivity index (χ2n) is 8.20. The molecule has 7 nitrogen and oxygen atoms in total. The minimum Gasteiger partial charge on any atom is -0.336 e. The van der Waals surface area contributed by atoms with E-state index in [2.05, 4.69) is 26.3 Å². The highest BCUT2D eigenvalue weighted by Gasteiger charge is 2.65. The highest BCUT2D eigenvalue weighted by molar-refractivity contribution is 5.90. The number of carbonyl (C=O) groups excluding carboxylic acids is 1. The van der Waals surface area contributed by atoms with E-state index in [1.54, 1.807) is 6.20 Å². The third-order valence-corrected chi connectivity index (χ3v) is 6.90. The first-order chi connectivity index (χ1) is 13.8. The second-order valence-corrected chi connectivity index (χ2v) is 8.20. The minimum atomic E-state index is -0.355. The first kappa shape index (κ1) is 16.2. The smallest absolute Gasteiger partial charge is 0.243 e. The third kappa shape index (κ3) is 2.08. The molecule has 0 N–H and O–H groups in total. The topological polar surface area (TPSA) is 75.4 Å². The summed E-state index contributed by atoms with van der Waals surface area (Å²) in [7, 11) is 0. The molecule has 3 atom stereocenters. The van der Waals surface area contributed by atoms with Crippen molar-refractivity contribution < 1.29 is 9.42 Å². The number of rotatable bonds is 3. The molecule has 28 heavy (non-hydrogen) atoms. The molecule has 3 aliphatic heterocycles. The van der Waals surface area contributed by atoms with Gasteiger partial charge in [-0.25, -0.2) is 4.63 Å². The van der Waals surface area contributed by atoms with Gasteiger partial charge in [0.05, 0.1) is 0 Å². The average Bonchev–Trinajstić information content (AvgIpc) is 3.46. The summed E-state index contributed by atoms with van der Waals surface area (Å²) in [5.41, 5.74) is 3.49. The van der Waals surface area contributed by atoms with Crippen LogP contribution in [-0.2, 0) is 11.3 Å². The van der Waals surface area contributed by atoms with Crippen LogP contribution in [0.15, 0.2) is 47.4 Å². The van der Waals surface area contributed by atoms with Gasteiger partial charge in [0, 0.05) is 43.0 Å². The molecule has 1 spiro atoms. The van der Waals surface area contributed by atoms with Gasteiger partial charge in [0.15, 0.2) is 0 Å². The SMILES string of the molecule is O=C1N(Cc2cccnc2)C[C@@H]2C[C@@H](c3cccc4nonc34)N3CCC[C@@]123. The molecule has 0 aliphatic carbocycles. The molecule has 2 aromatic heterocycles. The van der Waals surface area contributed by atoms with Crippen molar-refractivity contribution >= 4 is 16.9 Å². The highest BCUT2D eigenvalue weighted by atomic mass is 16.6. The Labute approximate surface area is 162 Å². The summed E-state index contributed by atoms with van der Waals surface area (Å²) < 4.78 is 4.97. The van der Waals surface area contributed by atoms with Gasteiger partial charge in [-0.1, -0.05) is 18.2 Å². The van der Waals surface area contributed by atoms with E-state index in [9.17, 15) is 4.79 Å². The van der Waals surface area contributed by atoms with E-state index in [0.717, 1.165) is 54.5 Å². The largest absolute Gasteiger partial charge is 0.336 e. The number of benzene rings is 1. The Kier molecular flexibility index (Phi) is 3.38. The molecule has 0 saturated carbocycles. The number of aromatic nitrogens is 3. The normalized spacial score (nSPS) is 29.6.